The molecule has 0 saturated heterocycles. The molecule has 0 aliphatic rings. The minimum atomic E-state index is -0.590. The van der Waals surface area contributed by atoms with Gasteiger partial charge in [-0.1, -0.05) is 45.0 Å². The standard InChI is InChI=1S/C26H29N3O5S/c1-17(30)29(21-8-6-7-9-22(21)33-5)25-28-20(16-35-25)15-34-23(31)14-27-24(32)18-10-12-19(13-11-18)26(2,3)4/h6-13,16H,14-15H2,1-5H3,(H,27,32). The molecule has 9 heteroatoms. The molecule has 0 fully saturated rings. The molecule has 0 unspecified atom stereocenters. The van der Waals surface area contributed by atoms with Crippen LogP contribution < -0.4 is 15.0 Å². The van der Waals surface area contributed by atoms with Gasteiger partial charge in [-0.05, 0) is 35.2 Å². The molecule has 8 nitrogen and oxygen atoms in total. The van der Waals surface area contributed by atoms with Crippen molar-refractivity contribution in [1.29, 1.82) is 0 Å². The molecule has 0 aliphatic carbocycles. The number of carbonyl (C=O) groups is 3. The van der Waals surface area contributed by atoms with Crippen molar-refractivity contribution in [3.05, 3.63) is 70.7 Å². The lowest BCUT2D eigenvalue weighted by molar-refractivity contribution is -0.143. The fraction of sp³-hybridized carbons (Fsp3) is 0.308. The molecule has 35 heavy (non-hydrogen) atoms. The molecule has 1 N–H and O–H groups in total. The number of hydrogen-bond acceptors (Lipinski definition) is 7. The van der Waals surface area contributed by atoms with Crippen molar-refractivity contribution in [2.75, 3.05) is 18.6 Å². The highest BCUT2D eigenvalue weighted by Crippen LogP contribution is 2.35. The largest absolute Gasteiger partial charge is 0.495 e. The van der Waals surface area contributed by atoms with Crippen LogP contribution in [0.5, 0.6) is 5.75 Å². The Morgan fingerprint density at radius 3 is 2.37 bits per heavy atom. The van der Waals surface area contributed by atoms with Crippen molar-refractivity contribution < 1.29 is 23.9 Å². The van der Waals surface area contributed by atoms with Gasteiger partial charge in [0, 0.05) is 17.9 Å². The van der Waals surface area contributed by atoms with Gasteiger partial charge in [0.15, 0.2) is 5.13 Å². The van der Waals surface area contributed by atoms with E-state index in [0.717, 1.165) is 5.56 Å². The average molecular weight is 496 g/mol. The molecule has 0 aliphatic heterocycles. The maximum Gasteiger partial charge on any atom is 0.325 e. The number of nitrogens with one attached hydrogen (secondary N) is 1. The summed E-state index contributed by atoms with van der Waals surface area (Å²) in [4.78, 5) is 42.7. The molecule has 0 saturated carbocycles. The van der Waals surface area contributed by atoms with Crippen molar-refractivity contribution in [3.8, 4) is 5.75 Å². The third-order valence-corrected chi connectivity index (χ3v) is 6.03. The number of rotatable bonds is 8. The first-order valence-electron chi connectivity index (χ1n) is 11.0. The number of para-hydroxylation sites is 2. The fourth-order valence-electron chi connectivity index (χ4n) is 3.27. The van der Waals surface area contributed by atoms with Crippen molar-refractivity contribution in [1.82, 2.24) is 10.3 Å². The van der Waals surface area contributed by atoms with Gasteiger partial charge in [0.25, 0.3) is 5.91 Å². The van der Waals surface area contributed by atoms with Crippen LogP contribution in [0.25, 0.3) is 0 Å². The molecular weight excluding hydrogens is 466 g/mol. The van der Waals surface area contributed by atoms with Crippen molar-refractivity contribution >= 4 is 39.9 Å². The number of hydrogen-bond donors (Lipinski definition) is 1. The zero-order valence-corrected chi connectivity index (χ0v) is 21.3. The second-order valence-electron chi connectivity index (χ2n) is 8.82. The second-order valence-corrected chi connectivity index (χ2v) is 9.65. The summed E-state index contributed by atoms with van der Waals surface area (Å²) in [7, 11) is 1.53. The van der Waals surface area contributed by atoms with E-state index in [-0.39, 0.29) is 30.4 Å². The minimum Gasteiger partial charge on any atom is -0.495 e. The SMILES string of the molecule is COc1ccccc1N(C(C)=O)c1nc(COC(=O)CNC(=O)c2ccc(C(C)(C)C)cc2)cs1. The monoisotopic (exact) mass is 495 g/mol. The Morgan fingerprint density at radius 2 is 1.74 bits per heavy atom. The van der Waals surface area contributed by atoms with Gasteiger partial charge in [-0.2, -0.15) is 0 Å². The van der Waals surface area contributed by atoms with Crippen LogP contribution in [0.3, 0.4) is 0 Å². The number of amides is 2. The van der Waals surface area contributed by atoms with Gasteiger partial charge in [-0.3, -0.25) is 19.3 Å². The van der Waals surface area contributed by atoms with E-state index < -0.39 is 5.97 Å². The van der Waals surface area contributed by atoms with Gasteiger partial charge in [-0.15, -0.1) is 11.3 Å². The topological polar surface area (TPSA) is 97.8 Å². The highest BCUT2D eigenvalue weighted by atomic mass is 32.1. The lowest BCUT2D eigenvalue weighted by Gasteiger charge is -2.20. The maximum absolute atomic E-state index is 12.3. The molecule has 3 rings (SSSR count). The van der Waals surface area contributed by atoms with Crippen LogP contribution in [-0.2, 0) is 26.3 Å². The number of ether oxygens (including phenoxy) is 2. The number of thiazole rings is 1. The number of nitrogens with zero attached hydrogens (tertiary/aromatic N) is 2. The highest BCUT2D eigenvalue weighted by Gasteiger charge is 2.21. The van der Waals surface area contributed by atoms with Crippen LogP contribution >= 0.6 is 11.3 Å². The number of anilines is 2. The Kier molecular flexibility index (Phi) is 8.24. The molecule has 2 amide bonds. The normalized spacial score (nSPS) is 11.0. The lowest BCUT2D eigenvalue weighted by atomic mass is 9.87. The predicted molar refractivity (Wildman–Crippen MR) is 135 cm³/mol. The van der Waals surface area contributed by atoms with E-state index in [0.29, 0.717) is 27.8 Å². The third kappa shape index (κ3) is 6.66. The van der Waals surface area contributed by atoms with E-state index in [1.807, 2.05) is 18.2 Å². The summed E-state index contributed by atoms with van der Waals surface area (Å²) in [5.41, 5.74) is 2.63. The molecule has 0 radical (unpaired) electrons. The van der Waals surface area contributed by atoms with Crippen LogP contribution in [0, 0.1) is 0 Å². The molecule has 0 atom stereocenters. The zero-order valence-electron chi connectivity index (χ0n) is 20.5. The molecule has 1 aromatic heterocycles. The van der Waals surface area contributed by atoms with Gasteiger partial charge in [0.2, 0.25) is 5.91 Å². The Labute approximate surface area is 208 Å². The molecule has 184 valence electrons. The molecule has 2 aromatic carbocycles. The number of benzene rings is 2. The van der Waals surface area contributed by atoms with Crippen LogP contribution in [0.1, 0.15) is 49.3 Å². The highest BCUT2D eigenvalue weighted by molar-refractivity contribution is 7.14. The van der Waals surface area contributed by atoms with E-state index in [2.05, 4.69) is 31.1 Å². The molecule has 0 spiro atoms. The Bertz CT molecular complexity index is 1200. The zero-order chi connectivity index (χ0) is 25.6. The fourth-order valence-corrected chi connectivity index (χ4v) is 4.13. The van der Waals surface area contributed by atoms with E-state index in [1.54, 1.807) is 35.7 Å². The van der Waals surface area contributed by atoms with E-state index >= 15 is 0 Å². The maximum atomic E-state index is 12.3. The Hall–Kier alpha value is -3.72. The molecule has 3 aromatic rings. The summed E-state index contributed by atoms with van der Waals surface area (Å²) in [6, 6.07) is 14.4. The predicted octanol–water partition coefficient (Wildman–Crippen LogP) is 4.61. The summed E-state index contributed by atoms with van der Waals surface area (Å²) in [5, 5.41) is 4.71. The van der Waals surface area contributed by atoms with E-state index in [4.69, 9.17) is 9.47 Å². The van der Waals surface area contributed by atoms with Crippen LogP contribution in [0.2, 0.25) is 0 Å². The van der Waals surface area contributed by atoms with Gasteiger partial charge in [0.05, 0.1) is 18.5 Å². The first kappa shape index (κ1) is 25.9. The smallest absolute Gasteiger partial charge is 0.325 e. The number of aromatic nitrogens is 1. The summed E-state index contributed by atoms with van der Waals surface area (Å²) < 4.78 is 10.6. The van der Waals surface area contributed by atoms with Crippen LogP contribution in [0.4, 0.5) is 10.8 Å². The van der Waals surface area contributed by atoms with E-state index in [1.165, 1.54) is 30.3 Å². The van der Waals surface area contributed by atoms with Gasteiger partial charge in [-0.25, -0.2) is 4.98 Å². The summed E-state index contributed by atoms with van der Waals surface area (Å²) >= 11 is 1.25. The molecule has 1 heterocycles. The summed E-state index contributed by atoms with van der Waals surface area (Å²) in [5.74, 6) is -0.639. The van der Waals surface area contributed by atoms with Crippen LogP contribution in [-0.4, -0.2) is 36.4 Å². The van der Waals surface area contributed by atoms with Gasteiger partial charge in [0.1, 0.15) is 18.9 Å². The summed E-state index contributed by atoms with van der Waals surface area (Å²) in [6.07, 6.45) is 0. The first-order valence-corrected chi connectivity index (χ1v) is 11.9. The van der Waals surface area contributed by atoms with E-state index in [9.17, 15) is 14.4 Å². The summed E-state index contributed by atoms with van der Waals surface area (Å²) in [6.45, 7) is 7.38. The van der Waals surface area contributed by atoms with Gasteiger partial charge >= 0.3 is 5.97 Å². The number of methoxy groups -OCH3 is 1. The molecular formula is C26H29N3O5S. The van der Waals surface area contributed by atoms with Crippen molar-refractivity contribution in [3.63, 3.8) is 0 Å². The second kappa shape index (κ2) is 11.1. The Balaban J connectivity index is 1.56. The first-order chi connectivity index (χ1) is 16.6. The average Bonchev–Trinajstić information content (AvgIpc) is 3.29. The molecule has 0 bridgehead atoms. The third-order valence-electron chi connectivity index (χ3n) is 5.16. The number of carbonyl (C=O) groups excluding carboxylic acids is 3. The Morgan fingerprint density at radius 1 is 1.06 bits per heavy atom. The minimum absolute atomic E-state index is 0.0109. The van der Waals surface area contributed by atoms with Gasteiger partial charge < -0.3 is 14.8 Å². The lowest BCUT2D eigenvalue weighted by Crippen LogP contribution is -2.30. The van der Waals surface area contributed by atoms with Crippen molar-refractivity contribution in [2.45, 2.75) is 39.7 Å². The quantitative estimate of drug-likeness (QED) is 0.459. The van der Waals surface area contributed by atoms with Crippen molar-refractivity contribution in [2.24, 2.45) is 0 Å². The van der Waals surface area contributed by atoms with Crippen LogP contribution in [0.15, 0.2) is 53.9 Å². The number of esters is 1.